The maximum absolute atomic E-state index is 5.66. The van der Waals surface area contributed by atoms with Gasteiger partial charge in [0.05, 0.1) is 0 Å². The highest BCUT2D eigenvalue weighted by Crippen LogP contribution is 2.16. The molecule has 0 aliphatic carbocycles. The summed E-state index contributed by atoms with van der Waals surface area (Å²) in [6, 6.07) is 20.6. The molecule has 0 saturated heterocycles. The predicted octanol–water partition coefficient (Wildman–Crippen LogP) is 0.836. The molecule has 0 saturated carbocycles. The summed E-state index contributed by atoms with van der Waals surface area (Å²) < 4.78 is 18.1. The topological polar surface area (TPSA) is 31.6 Å². The average molecular weight is 477 g/mol. The summed E-state index contributed by atoms with van der Waals surface area (Å²) in [5.74, 6) is 0.789. The standard InChI is InChI=1S/C22H24NO3.HI/c1-23-19(13-11-18-6-4-5-7-21(18)23)12-8-17-9-14-20(15-10-17)26-16-22(24-2)25-3;/h4-15,22H,16H2,1-3H3;1H/q+1;/p-1. The number of hydrogen-bond donors (Lipinski definition) is 0. The van der Waals surface area contributed by atoms with E-state index >= 15 is 0 Å². The first-order valence-corrected chi connectivity index (χ1v) is 8.55. The smallest absolute Gasteiger partial charge is 0.212 e. The number of hydrogen-bond acceptors (Lipinski definition) is 3. The number of benzene rings is 2. The molecule has 0 radical (unpaired) electrons. The summed E-state index contributed by atoms with van der Waals surface area (Å²) in [5, 5.41) is 1.24. The molecule has 1 aromatic heterocycles. The molecule has 1 heterocycles. The van der Waals surface area contributed by atoms with Gasteiger partial charge in [-0.1, -0.05) is 24.3 Å². The lowest BCUT2D eigenvalue weighted by molar-refractivity contribution is -0.646. The van der Waals surface area contributed by atoms with E-state index in [0.29, 0.717) is 6.61 Å². The predicted molar refractivity (Wildman–Crippen MR) is 104 cm³/mol. The Morgan fingerprint density at radius 2 is 1.59 bits per heavy atom. The van der Waals surface area contributed by atoms with E-state index in [1.807, 2.05) is 24.3 Å². The van der Waals surface area contributed by atoms with Crippen molar-refractivity contribution in [3.8, 4) is 5.75 Å². The van der Waals surface area contributed by atoms with E-state index in [9.17, 15) is 0 Å². The largest absolute Gasteiger partial charge is 1.00 e. The molecular weight excluding hydrogens is 453 g/mol. The number of rotatable bonds is 7. The number of aromatic nitrogens is 1. The van der Waals surface area contributed by atoms with Gasteiger partial charge < -0.3 is 38.2 Å². The third-order valence-electron chi connectivity index (χ3n) is 4.36. The van der Waals surface area contributed by atoms with Crippen LogP contribution in [0, 0.1) is 0 Å². The zero-order valence-corrected chi connectivity index (χ0v) is 17.9. The first-order valence-electron chi connectivity index (χ1n) is 8.55. The molecule has 3 aromatic rings. The van der Waals surface area contributed by atoms with Gasteiger partial charge in [0.2, 0.25) is 11.2 Å². The minimum Gasteiger partial charge on any atom is -1.00 e. The maximum atomic E-state index is 5.66. The Balaban J connectivity index is 0.00000261. The Morgan fingerprint density at radius 1 is 0.889 bits per heavy atom. The van der Waals surface area contributed by atoms with Crippen LogP contribution in [0.4, 0.5) is 0 Å². The van der Waals surface area contributed by atoms with Crippen LogP contribution in [0.1, 0.15) is 11.3 Å². The Bertz CT molecular complexity index is 890. The molecule has 5 heteroatoms. The van der Waals surface area contributed by atoms with Gasteiger partial charge in [-0.3, -0.25) is 0 Å². The molecule has 0 aliphatic heterocycles. The highest BCUT2D eigenvalue weighted by atomic mass is 127. The van der Waals surface area contributed by atoms with Crippen LogP contribution in [0.5, 0.6) is 5.75 Å². The lowest BCUT2D eigenvalue weighted by Crippen LogP contribution is -3.00. The van der Waals surface area contributed by atoms with Crippen LogP contribution in [-0.4, -0.2) is 27.1 Å². The zero-order valence-electron chi connectivity index (χ0n) is 15.8. The normalized spacial score (nSPS) is 11.1. The minimum atomic E-state index is -0.359. The van der Waals surface area contributed by atoms with Crippen LogP contribution in [0.3, 0.4) is 0 Å². The molecule has 0 aliphatic rings. The van der Waals surface area contributed by atoms with Crippen LogP contribution in [-0.2, 0) is 16.5 Å². The minimum absolute atomic E-state index is 0. The van der Waals surface area contributed by atoms with Crippen molar-refractivity contribution in [2.45, 2.75) is 6.29 Å². The van der Waals surface area contributed by atoms with Gasteiger partial charge in [0.25, 0.3) is 0 Å². The van der Waals surface area contributed by atoms with Crippen molar-refractivity contribution >= 4 is 23.1 Å². The second-order valence-electron chi connectivity index (χ2n) is 5.99. The molecule has 4 nitrogen and oxygen atoms in total. The number of fused-ring (bicyclic) bond motifs is 1. The van der Waals surface area contributed by atoms with Gasteiger partial charge in [0.15, 0.2) is 6.29 Å². The molecule has 142 valence electrons. The fraction of sp³-hybridized carbons (Fsp3) is 0.227. The van der Waals surface area contributed by atoms with E-state index < -0.39 is 0 Å². The fourth-order valence-corrected chi connectivity index (χ4v) is 2.78. The van der Waals surface area contributed by atoms with Crippen molar-refractivity contribution in [2.24, 2.45) is 7.05 Å². The van der Waals surface area contributed by atoms with Gasteiger partial charge in [0.1, 0.15) is 19.4 Å². The SMILES string of the molecule is COC(COc1ccc(C=Cc2ccc3ccccc3[n+]2C)cc1)OC.[I-]. The third-order valence-corrected chi connectivity index (χ3v) is 4.36. The molecule has 27 heavy (non-hydrogen) atoms. The summed E-state index contributed by atoms with van der Waals surface area (Å²) in [6.07, 6.45) is 3.86. The molecule has 0 N–H and O–H groups in total. The van der Waals surface area contributed by atoms with E-state index in [4.69, 9.17) is 14.2 Å². The lowest BCUT2D eigenvalue weighted by Gasteiger charge is -2.14. The van der Waals surface area contributed by atoms with Crippen molar-refractivity contribution in [2.75, 3.05) is 20.8 Å². The summed E-state index contributed by atoms with van der Waals surface area (Å²) in [7, 11) is 5.28. The molecule has 0 spiro atoms. The summed E-state index contributed by atoms with van der Waals surface area (Å²) >= 11 is 0. The number of pyridine rings is 1. The number of para-hydroxylation sites is 1. The average Bonchev–Trinajstić information content (AvgIpc) is 2.69. The van der Waals surface area contributed by atoms with Gasteiger partial charge in [-0.15, -0.1) is 0 Å². The molecule has 2 aromatic carbocycles. The molecule has 0 atom stereocenters. The van der Waals surface area contributed by atoms with Gasteiger partial charge in [-0.25, -0.2) is 0 Å². The quantitative estimate of drug-likeness (QED) is 0.287. The lowest BCUT2D eigenvalue weighted by atomic mass is 10.1. The number of methoxy groups -OCH3 is 2. The molecule has 0 unspecified atom stereocenters. The van der Waals surface area contributed by atoms with E-state index in [1.54, 1.807) is 14.2 Å². The molecule has 3 rings (SSSR count). The number of aryl methyl sites for hydroxylation is 1. The summed E-state index contributed by atoms with van der Waals surface area (Å²) in [6.45, 7) is 0.356. The van der Waals surface area contributed by atoms with Gasteiger partial charge in [-0.05, 0) is 35.9 Å². The van der Waals surface area contributed by atoms with Crippen LogP contribution >= 0.6 is 0 Å². The van der Waals surface area contributed by atoms with Crippen LogP contribution in [0.15, 0.2) is 60.7 Å². The maximum Gasteiger partial charge on any atom is 0.212 e. The highest BCUT2D eigenvalue weighted by molar-refractivity contribution is 5.77. The Hall–Kier alpha value is -1.96. The Kier molecular flexibility index (Phi) is 8.22. The monoisotopic (exact) mass is 477 g/mol. The van der Waals surface area contributed by atoms with E-state index in [-0.39, 0.29) is 30.3 Å². The van der Waals surface area contributed by atoms with Gasteiger partial charge in [-0.2, -0.15) is 4.57 Å². The summed E-state index contributed by atoms with van der Waals surface area (Å²) in [5.41, 5.74) is 3.47. The first-order chi connectivity index (χ1) is 12.7. The fourth-order valence-electron chi connectivity index (χ4n) is 2.78. The first kappa shape index (κ1) is 21.3. The second-order valence-corrected chi connectivity index (χ2v) is 5.99. The van der Waals surface area contributed by atoms with Crippen LogP contribution < -0.4 is 33.3 Å². The van der Waals surface area contributed by atoms with Crippen molar-refractivity contribution in [1.82, 2.24) is 0 Å². The van der Waals surface area contributed by atoms with Crippen molar-refractivity contribution in [3.63, 3.8) is 0 Å². The van der Waals surface area contributed by atoms with Gasteiger partial charge >= 0.3 is 0 Å². The molecule has 0 fully saturated rings. The van der Waals surface area contributed by atoms with Gasteiger partial charge in [0, 0.05) is 37.8 Å². The number of ether oxygens (including phenoxy) is 3. The zero-order chi connectivity index (χ0) is 18.4. The van der Waals surface area contributed by atoms with E-state index in [2.05, 4.69) is 60.2 Å². The Morgan fingerprint density at radius 3 is 2.30 bits per heavy atom. The molecular formula is C22H24INO3. The molecule has 0 amide bonds. The van der Waals surface area contributed by atoms with Crippen LogP contribution in [0.2, 0.25) is 0 Å². The van der Waals surface area contributed by atoms with Crippen molar-refractivity contribution < 1.29 is 42.8 Å². The number of halogens is 1. The molecule has 0 bridgehead atoms. The second kappa shape index (κ2) is 10.4. The third kappa shape index (κ3) is 5.51. The number of nitrogens with zero attached hydrogens (tertiary/aromatic N) is 1. The van der Waals surface area contributed by atoms with Crippen LogP contribution in [0.25, 0.3) is 23.1 Å². The highest BCUT2D eigenvalue weighted by Gasteiger charge is 2.08. The van der Waals surface area contributed by atoms with Crippen molar-refractivity contribution in [3.05, 3.63) is 71.9 Å². The van der Waals surface area contributed by atoms with E-state index in [1.165, 1.54) is 10.9 Å². The Labute approximate surface area is 177 Å². The summed E-state index contributed by atoms with van der Waals surface area (Å²) in [4.78, 5) is 0. The van der Waals surface area contributed by atoms with Crippen molar-refractivity contribution in [1.29, 1.82) is 0 Å². The van der Waals surface area contributed by atoms with E-state index in [0.717, 1.165) is 17.0 Å².